The van der Waals surface area contributed by atoms with E-state index in [0.717, 1.165) is 30.5 Å². The van der Waals surface area contributed by atoms with Crippen molar-refractivity contribution in [3.63, 3.8) is 0 Å². The molecule has 4 amide bonds. The van der Waals surface area contributed by atoms with Gasteiger partial charge in [0.15, 0.2) is 0 Å². The van der Waals surface area contributed by atoms with E-state index >= 15 is 0 Å². The van der Waals surface area contributed by atoms with Gasteiger partial charge in [0.2, 0.25) is 23.6 Å². The number of anilines is 1. The van der Waals surface area contributed by atoms with Crippen LogP contribution in [-0.2, 0) is 19.2 Å². The number of unbranched alkanes of at least 4 members (excludes halogenated alkanes) is 2. The third kappa shape index (κ3) is 5.00. The van der Waals surface area contributed by atoms with Crippen LogP contribution in [0.5, 0.6) is 0 Å². The molecule has 3 rings (SSSR count). The Labute approximate surface area is 170 Å². The third-order valence-electron chi connectivity index (χ3n) is 5.51. The molecule has 0 radical (unpaired) electrons. The Balaban J connectivity index is 1.68. The summed E-state index contributed by atoms with van der Waals surface area (Å²) in [7, 11) is 0. The standard InChI is InChI=1S/C21H28N4O4/c22-12-5-1-2-8-19(27)25-13-11-15(14-6-3-4-7-17(14)25)20(28)23-16-9-10-18(26)24-21(16)29/h3-4,6-7,15-16H,1-2,5,8-13,22H2,(H,23,28)(H,24,26,29)/t15-,16-/m0/s1. The number of piperidine rings is 1. The number of carbonyl (C=O) groups is 4. The molecule has 2 atom stereocenters. The highest BCUT2D eigenvalue weighted by Crippen LogP contribution is 2.36. The van der Waals surface area contributed by atoms with Gasteiger partial charge < -0.3 is 16.0 Å². The molecular formula is C21H28N4O4. The van der Waals surface area contributed by atoms with E-state index in [0.29, 0.717) is 32.4 Å². The van der Waals surface area contributed by atoms with Gasteiger partial charge in [-0.1, -0.05) is 24.6 Å². The van der Waals surface area contributed by atoms with Crippen LogP contribution in [0.3, 0.4) is 0 Å². The average molecular weight is 400 g/mol. The van der Waals surface area contributed by atoms with Crippen molar-refractivity contribution in [1.82, 2.24) is 10.6 Å². The number of imide groups is 1. The van der Waals surface area contributed by atoms with Crippen LogP contribution in [0, 0.1) is 0 Å². The highest BCUT2D eigenvalue weighted by atomic mass is 16.2. The van der Waals surface area contributed by atoms with Crippen LogP contribution in [0.1, 0.15) is 56.4 Å². The lowest BCUT2D eigenvalue weighted by Crippen LogP contribution is -2.53. The van der Waals surface area contributed by atoms with Crippen molar-refractivity contribution in [1.29, 1.82) is 0 Å². The monoisotopic (exact) mass is 400 g/mol. The normalized spacial score (nSPS) is 21.3. The summed E-state index contributed by atoms with van der Waals surface area (Å²) in [5, 5.41) is 5.03. The number of nitrogens with one attached hydrogen (secondary N) is 2. The third-order valence-corrected chi connectivity index (χ3v) is 5.51. The second-order valence-electron chi connectivity index (χ2n) is 7.56. The van der Waals surface area contributed by atoms with Gasteiger partial charge in [-0.15, -0.1) is 0 Å². The Morgan fingerprint density at radius 3 is 2.69 bits per heavy atom. The molecule has 29 heavy (non-hydrogen) atoms. The quantitative estimate of drug-likeness (QED) is 0.465. The number of rotatable bonds is 7. The number of hydrogen-bond acceptors (Lipinski definition) is 5. The molecule has 1 saturated heterocycles. The van der Waals surface area contributed by atoms with E-state index in [9.17, 15) is 19.2 Å². The Morgan fingerprint density at radius 1 is 1.14 bits per heavy atom. The van der Waals surface area contributed by atoms with Gasteiger partial charge in [0.05, 0.1) is 5.92 Å². The van der Waals surface area contributed by atoms with Crippen molar-refractivity contribution in [2.45, 2.75) is 56.9 Å². The van der Waals surface area contributed by atoms with Crippen LogP contribution in [-0.4, -0.2) is 42.8 Å². The first kappa shape index (κ1) is 21.0. The lowest BCUT2D eigenvalue weighted by Gasteiger charge is -2.34. The lowest BCUT2D eigenvalue weighted by atomic mass is 9.88. The predicted octanol–water partition coefficient (Wildman–Crippen LogP) is 0.947. The van der Waals surface area contributed by atoms with Crippen LogP contribution < -0.4 is 21.3 Å². The molecule has 2 heterocycles. The van der Waals surface area contributed by atoms with Gasteiger partial charge in [0.1, 0.15) is 6.04 Å². The van der Waals surface area contributed by atoms with E-state index in [2.05, 4.69) is 10.6 Å². The molecule has 0 spiro atoms. The van der Waals surface area contributed by atoms with Crippen molar-refractivity contribution >= 4 is 29.3 Å². The van der Waals surface area contributed by atoms with Gasteiger partial charge in [-0.25, -0.2) is 0 Å². The fourth-order valence-electron chi connectivity index (χ4n) is 3.93. The molecule has 1 aromatic rings. The molecule has 1 fully saturated rings. The first-order valence-electron chi connectivity index (χ1n) is 10.2. The van der Waals surface area contributed by atoms with Gasteiger partial charge in [0.25, 0.3) is 0 Å². The minimum Gasteiger partial charge on any atom is -0.344 e. The molecule has 2 aliphatic heterocycles. The van der Waals surface area contributed by atoms with Gasteiger partial charge in [0, 0.05) is 25.1 Å². The van der Waals surface area contributed by atoms with Gasteiger partial charge in [-0.05, 0) is 43.9 Å². The van der Waals surface area contributed by atoms with E-state index < -0.39 is 17.9 Å². The Hall–Kier alpha value is -2.74. The summed E-state index contributed by atoms with van der Waals surface area (Å²) in [5.41, 5.74) is 7.05. The molecule has 0 aromatic heterocycles. The molecule has 8 nitrogen and oxygen atoms in total. The zero-order chi connectivity index (χ0) is 20.8. The first-order valence-corrected chi connectivity index (χ1v) is 10.2. The molecule has 2 aliphatic rings. The number of amides is 4. The SMILES string of the molecule is NCCCCCC(=O)N1CC[C@H](C(=O)N[C@H]2CCC(=O)NC2=O)c2ccccc21. The van der Waals surface area contributed by atoms with Crippen LogP contribution >= 0.6 is 0 Å². The van der Waals surface area contributed by atoms with Crippen molar-refractivity contribution in [2.75, 3.05) is 18.0 Å². The van der Waals surface area contributed by atoms with Crippen molar-refractivity contribution < 1.29 is 19.2 Å². The van der Waals surface area contributed by atoms with Gasteiger partial charge >= 0.3 is 0 Å². The maximum atomic E-state index is 12.9. The minimum atomic E-state index is -0.699. The van der Waals surface area contributed by atoms with Crippen LogP contribution in [0.15, 0.2) is 24.3 Å². The minimum absolute atomic E-state index is 0.0542. The highest BCUT2D eigenvalue weighted by Gasteiger charge is 2.35. The number of hydrogen-bond donors (Lipinski definition) is 3. The molecule has 8 heteroatoms. The second-order valence-corrected chi connectivity index (χ2v) is 7.56. The van der Waals surface area contributed by atoms with Crippen molar-refractivity contribution in [2.24, 2.45) is 5.73 Å². The number of fused-ring (bicyclic) bond motifs is 1. The summed E-state index contributed by atoms with van der Waals surface area (Å²) in [6.07, 6.45) is 4.10. The Kier molecular flexibility index (Phi) is 6.98. The van der Waals surface area contributed by atoms with E-state index in [-0.39, 0.29) is 24.1 Å². The molecule has 0 aliphatic carbocycles. The summed E-state index contributed by atoms with van der Waals surface area (Å²) in [4.78, 5) is 50.6. The average Bonchev–Trinajstić information content (AvgIpc) is 2.72. The van der Waals surface area contributed by atoms with Crippen LogP contribution in [0.4, 0.5) is 5.69 Å². The topological polar surface area (TPSA) is 122 Å². The van der Waals surface area contributed by atoms with Crippen molar-refractivity contribution in [3.8, 4) is 0 Å². The lowest BCUT2D eigenvalue weighted by molar-refractivity contribution is -0.137. The van der Waals surface area contributed by atoms with Crippen LogP contribution in [0.25, 0.3) is 0 Å². The molecule has 1 aromatic carbocycles. The summed E-state index contributed by atoms with van der Waals surface area (Å²) in [6.45, 7) is 1.09. The first-order chi connectivity index (χ1) is 14.0. The smallest absolute Gasteiger partial charge is 0.249 e. The van der Waals surface area contributed by atoms with Crippen LogP contribution in [0.2, 0.25) is 0 Å². The van der Waals surface area contributed by atoms with Gasteiger partial charge in [-0.2, -0.15) is 0 Å². The maximum absolute atomic E-state index is 12.9. The molecule has 4 N–H and O–H groups in total. The van der Waals surface area contributed by atoms with E-state index in [1.165, 1.54) is 0 Å². The number of nitrogens with two attached hydrogens (primary N) is 1. The number of nitrogens with zero attached hydrogens (tertiary/aromatic N) is 1. The molecule has 0 unspecified atom stereocenters. The van der Waals surface area contributed by atoms with Crippen molar-refractivity contribution in [3.05, 3.63) is 29.8 Å². The van der Waals surface area contributed by atoms with E-state index in [1.54, 1.807) is 4.90 Å². The van der Waals surface area contributed by atoms with Gasteiger partial charge in [-0.3, -0.25) is 24.5 Å². The molecule has 0 saturated carbocycles. The number of benzene rings is 1. The molecular weight excluding hydrogens is 372 g/mol. The van der Waals surface area contributed by atoms with E-state index in [1.807, 2.05) is 24.3 Å². The maximum Gasteiger partial charge on any atom is 0.249 e. The largest absolute Gasteiger partial charge is 0.344 e. The predicted molar refractivity (Wildman–Crippen MR) is 108 cm³/mol. The second kappa shape index (κ2) is 9.65. The summed E-state index contributed by atoms with van der Waals surface area (Å²) in [5.74, 6) is -1.41. The zero-order valence-electron chi connectivity index (χ0n) is 16.5. The molecule has 0 bridgehead atoms. The highest BCUT2D eigenvalue weighted by molar-refractivity contribution is 6.02. The number of carbonyl (C=O) groups excluding carboxylic acids is 4. The summed E-state index contributed by atoms with van der Waals surface area (Å²) < 4.78 is 0. The Morgan fingerprint density at radius 2 is 1.93 bits per heavy atom. The summed E-state index contributed by atoms with van der Waals surface area (Å²) in [6, 6.07) is 6.72. The van der Waals surface area contributed by atoms with E-state index in [4.69, 9.17) is 5.73 Å². The number of para-hydroxylation sites is 1. The fraction of sp³-hybridized carbons (Fsp3) is 0.524. The Bertz CT molecular complexity index is 795. The summed E-state index contributed by atoms with van der Waals surface area (Å²) >= 11 is 0. The zero-order valence-corrected chi connectivity index (χ0v) is 16.5. The molecule has 156 valence electrons. The fourth-order valence-corrected chi connectivity index (χ4v) is 3.93.